The number of carbonyl (C=O) groups is 2. The standard InChI is InChI=1S/C15H23N3O4/c1-22-8-6-15(14(20)21)5-2-7-18(11-15)13(19)4-3-12-9-16-17-10-12/h9-10H,2-8,11H2,1H3,(H,16,17)(H,20,21). The number of hydrogen-bond acceptors (Lipinski definition) is 4. The lowest BCUT2D eigenvalue weighted by molar-refractivity contribution is -0.156. The lowest BCUT2D eigenvalue weighted by Gasteiger charge is -2.40. The first-order chi connectivity index (χ1) is 10.6. The molecule has 2 rings (SSSR count). The first kappa shape index (κ1) is 16.5. The van der Waals surface area contributed by atoms with Gasteiger partial charge in [-0.15, -0.1) is 0 Å². The van der Waals surface area contributed by atoms with Gasteiger partial charge in [0.25, 0.3) is 0 Å². The molecule has 22 heavy (non-hydrogen) atoms. The molecule has 1 saturated heterocycles. The summed E-state index contributed by atoms with van der Waals surface area (Å²) in [4.78, 5) is 25.7. The van der Waals surface area contributed by atoms with Crippen molar-refractivity contribution in [1.82, 2.24) is 15.1 Å². The number of piperidine rings is 1. The number of likely N-dealkylation sites (tertiary alicyclic amines) is 1. The van der Waals surface area contributed by atoms with Gasteiger partial charge in [-0.3, -0.25) is 14.7 Å². The van der Waals surface area contributed by atoms with Crippen molar-refractivity contribution in [3.8, 4) is 0 Å². The number of H-pyrrole nitrogens is 1. The summed E-state index contributed by atoms with van der Waals surface area (Å²) in [6.45, 7) is 1.30. The van der Waals surface area contributed by atoms with Crippen molar-refractivity contribution >= 4 is 11.9 Å². The Kier molecular flexibility index (Phi) is 5.54. The molecular weight excluding hydrogens is 286 g/mol. The van der Waals surface area contributed by atoms with E-state index < -0.39 is 11.4 Å². The molecule has 0 radical (unpaired) electrons. The molecule has 2 heterocycles. The predicted molar refractivity (Wildman–Crippen MR) is 79.3 cm³/mol. The third-order valence-electron chi connectivity index (χ3n) is 4.35. The lowest BCUT2D eigenvalue weighted by atomic mass is 9.77. The monoisotopic (exact) mass is 309 g/mol. The molecule has 7 heteroatoms. The van der Waals surface area contributed by atoms with Gasteiger partial charge < -0.3 is 14.7 Å². The van der Waals surface area contributed by atoms with E-state index >= 15 is 0 Å². The minimum Gasteiger partial charge on any atom is -0.481 e. The SMILES string of the molecule is COCCC1(C(=O)O)CCCN(C(=O)CCc2cn[nH]c2)C1. The van der Waals surface area contributed by atoms with Gasteiger partial charge in [0.2, 0.25) is 5.91 Å². The Morgan fingerprint density at radius 3 is 3.00 bits per heavy atom. The molecule has 0 aliphatic carbocycles. The van der Waals surface area contributed by atoms with Gasteiger partial charge in [-0.25, -0.2) is 0 Å². The van der Waals surface area contributed by atoms with E-state index in [1.807, 2.05) is 0 Å². The summed E-state index contributed by atoms with van der Waals surface area (Å²) in [6.07, 6.45) is 6.20. The molecule has 1 aromatic heterocycles. The molecule has 0 spiro atoms. The zero-order valence-electron chi connectivity index (χ0n) is 12.9. The molecule has 1 aliphatic heterocycles. The van der Waals surface area contributed by atoms with Gasteiger partial charge in [-0.2, -0.15) is 5.10 Å². The van der Waals surface area contributed by atoms with Gasteiger partial charge in [-0.1, -0.05) is 0 Å². The van der Waals surface area contributed by atoms with E-state index in [-0.39, 0.29) is 12.5 Å². The van der Waals surface area contributed by atoms with Crippen LogP contribution in [0.25, 0.3) is 0 Å². The number of amides is 1. The average molecular weight is 309 g/mol. The number of carboxylic acid groups (broad SMARTS) is 1. The normalized spacial score (nSPS) is 21.8. The zero-order chi connectivity index (χ0) is 16.0. The maximum absolute atomic E-state index is 12.3. The van der Waals surface area contributed by atoms with Crippen molar-refractivity contribution in [3.63, 3.8) is 0 Å². The molecule has 1 unspecified atom stereocenters. The Labute approximate surface area is 129 Å². The van der Waals surface area contributed by atoms with E-state index in [4.69, 9.17) is 4.74 Å². The van der Waals surface area contributed by atoms with E-state index in [0.29, 0.717) is 45.3 Å². The van der Waals surface area contributed by atoms with Crippen LogP contribution in [0.5, 0.6) is 0 Å². The van der Waals surface area contributed by atoms with Crippen molar-refractivity contribution < 1.29 is 19.4 Å². The predicted octanol–water partition coefficient (Wildman–Crippen LogP) is 1.07. The number of hydrogen-bond donors (Lipinski definition) is 2. The van der Waals surface area contributed by atoms with Crippen LogP contribution in [-0.2, 0) is 20.7 Å². The molecule has 1 atom stereocenters. The molecule has 0 aromatic carbocycles. The quantitative estimate of drug-likeness (QED) is 0.785. The number of nitrogens with one attached hydrogen (secondary N) is 1. The summed E-state index contributed by atoms with van der Waals surface area (Å²) in [6, 6.07) is 0. The third kappa shape index (κ3) is 3.85. The van der Waals surface area contributed by atoms with Crippen molar-refractivity contribution in [3.05, 3.63) is 18.0 Å². The molecule has 0 saturated carbocycles. The van der Waals surface area contributed by atoms with Gasteiger partial charge in [0.15, 0.2) is 0 Å². The highest BCUT2D eigenvalue weighted by Crippen LogP contribution is 2.34. The zero-order valence-corrected chi connectivity index (χ0v) is 12.9. The average Bonchev–Trinajstić information content (AvgIpc) is 3.04. The van der Waals surface area contributed by atoms with E-state index in [2.05, 4.69) is 10.2 Å². The van der Waals surface area contributed by atoms with E-state index in [0.717, 1.165) is 5.56 Å². The number of aliphatic carboxylic acids is 1. The summed E-state index contributed by atoms with van der Waals surface area (Å²) in [5.41, 5.74) is 0.105. The highest BCUT2D eigenvalue weighted by Gasteiger charge is 2.43. The van der Waals surface area contributed by atoms with Crippen molar-refractivity contribution in [2.24, 2.45) is 5.41 Å². The molecule has 122 valence electrons. The van der Waals surface area contributed by atoms with Gasteiger partial charge in [-0.05, 0) is 31.2 Å². The molecule has 1 aromatic rings. The summed E-state index contributed by atoms with van der Waals surface area (Å²) in [5, 5.41) is 16.2. The number of carboxylic acids is 1. The smallest absolute Gasteiger partial charge is 0.311 e. The van der Waals surface area contributed by atoms with Crippen LogP contribution in [0.3, 0.4) is 0 Å². The van der Waals surface area contributed by atoms with Crippen LogP contribution in [0, 0.1) is 5.41 Å². The minimum atomic E-state index is -0.875. The number of carbonyl (C=O) groups excluding carboxylic acids is 1. The number of aryl methyl sites for hydroxylation is 1. The number of aromatic nitrogens is 2. The largest absolute Gasteiger partial charge is 0.481 e. The van der Waals surface area contributed by atoms with Crippen LogP contribution < -0.4 is 0 Å². The molecule has 0 bridgehead atoms. The number of methoxy groups -OCH3 is 1. The molecule has 2 N–H and O–H groups in total. The van der Waals surface area contributed by atoms with Crippen LogP contribution >= 0.6 is 0 Å². The number of nitrogens with zero attached hydrogens (tertiary/aromatic N) is 2. The first-order valence-corrected chi connectivity index (χ1v) is 7.55. The Bertz CT molecular complexity index is 503. The minimum absolute atomic E-state index is 0.00365. The topological polar surface area (TPSA) is 95.5 Å². The summed E-state index contributed by atoms with van der Waals surface area (Å²) < 4.78 is 5.03. The number of rotatable bonds is 7. The molecule has 1 aliphatic rings. The summed E-state index contributed by atoms with van der Waals surface area (Å²) >= 11 is 0. The van der Waals surface area contributed by atoms with Crippen LogP contribution in [0.4, 0.5) is 0 Å². The van der Waals surface area contributed by atoms with E-state index in [9.17, 15) is 14.7 Å². The second-order valence-corrected chi connectivity index (χ2v) is 5.85. The van der Waals surface area contributed by atoms with Gasteiger partial charge in [0.05, 0.1) is 11.6 Å². The summed E-state index contributed by atoms with van der Waals surface area (Å²) in [7, 11) is 1.56. The number of ether oxygens (including phenoxy) is 1. The Morgan fingerprint density at radius 2 is 2.36 bits per heavy atom. The second-order valence-electron chi connectivity index (χ2n) is 5.85. The maximum Gasteiger partial charge on any atom is 0.311 e. The van der Waals surface area contributed by atoms with Crippen LogP contribution in [-0.4, -0.2) is 58.9 Å². The maximum atomic E-state index is 12.3. The van der Waals surface area contributed by atoms with Crippen molar-refractivity contribution in [2.45, 2.75) is 32.1 Å². The third-order valence-corrected chi connectivity index (χ3v) is 4.35. The fourth-order valence-electron chi connectivity index (χ4n) is 2.95. The molecule has 7 nitrogen and oxygen atoms in total. The Morgan fingerprint density at radius 1 is 1.55 bits per heavy atom. The first-order valence-electron chi connectivity index (χ1n) is 7.55. The van der Waals surface area contributed by atoms with Crippen molar-refractivity contribution in [1.29, 1.82) is 0 Å². The second kappa shape index (κ2) is 7.40. The van der Waals surface area contributed by atoms with Crippen LogP contribution in [0.1, 0.15) is 31.2 Å². The lowest BCUT2D eigenvalue weighted by Crippen LogP contribution is -2.50. The fourth-order valence-corrected chi connectivity index (χ4v) is 2.95. The molecular formula is C15H23N3O4. The van der Waals surface area contributed by atoms with E-state index in [1.54, 1.807) is 24.4 Å². The summed E-state index contributed by atoms with van der Waals surface area (Å²) in [5.74, 6) is -0.833. The van der Waals surface area contributed by atoms with Gasteiger partial charge in [0.1, 0.15) is 0 Å². The van der Waals surface area contributed by atoms with Gasteiger partial charge >= 0.3 is 5.97 Å². The van der Waals surface area contributed by atoms with Crippen LogP contribution in [0.15, 0.2) is 12.4 Å². The highest BCUT2D eigenvalue weighted by molar-refractivity contribution is 5.80. The van der Waals surface area contributed by atoms with E-state index in [1.165, 1.54) is 0 Å². The van der Waals surface area contributed by atoms with Gasteiger partial charge in [0, 0.05) is 39.4 Å². The number of aromatic amines is 1. The fraction of sp³-hybridized carbons (Fsp3) is 0.667. The molecule has 1 fully saturated rings. The Hall–Kier alpha value is -1.89. The van der Waals surface area contributed by atoms with Crippen LogP contribution in [0.2, 0.25) is 0 Å². The Balaban J connectivity index is 1.95. The molecule has 1 amide bonds. The van der Waals surface area contributed by atoms with Crippen molar-refractivity contribution in [2.75, 3.05) is 26.8 Å². The highest BCUT2D eigenvalue weighted by atomic mass is 16.5.